The summed E-state index contributed by atoms with van der Waals surface area (Å²) in [4.78, 5) is 11.1. The minimum atomic E-state index is -0.214. The number of H-pyrrole nitrogens is 1. The SMILES string of the molecule is COc1ccc(Cc2ccc(=O)[nH]n2)cc1-c1ccc2nonc2c1. The van der Waals surface area contributed by atoms with Gasteiger partial charge in [-0.05, 0) is 51.8 Å². The molecule has 0 unspecified atom stereocenters. The molecule has 7 nitrogen and oxygen atoms in total. The summed E-state index contributed by atoms with van der Waals surface area (Å²) in [5.41, 5.74) is 4.91. The van der Waals surface area contributed by atoms with Crippen molar-refractivity contribution < 1.29 is 9.37 Å². The lowest BCUT2D eigenvalue weighted by Gasteiger charge is -2.11. The molecule has 4 aromatic rings. The smallest absolute Gasteiger partial charge is 0.264 e. The van der Waals surface area contributed by atoms with Crippen molar-refractivity contribution in [1.29, 1.82) is 0 Å². The van der Waals surface area contributed by atoms with Gasteiger partial charge in [-0.3, -0.25) is 4.79 Å². The molecule has 0 spiro atoms. The van der Waals surface area contributed by atoms with Crippen molar-refractivity contribution in [3.8, 4) is 16.9 Å². The van der Waals surface area contributed by atoms with E-state index in [-0.39, 0.29) is 5.56 Å². The van der Waals surface area contributed by atoms with Gasteiger partial charge < -0.3 is 4.74 Å². The van der Waals surface area contributed by atoms with Crippen LogP contribution in [0.3, 0.4) is 0 Å². The Morgan fingerprint density at radius 3 is 2.72 bits per heavy atom. The largest absolute Gasteiger partial charge is 0.496 e. The maximum Gasteiger partial charge on any atom is 0.264 e. The van der Waals surface area contributed by atoms with Crippen molar-refractivity contribution in [2.24, 2.45) is 0 Å². The first kappa shape index (κ1) is 15.1. The number of aromatic amines is 1. The zero-order chi connectivity index (χ0) is 17.2. The van der Waals surface area contributed by atoms with Crippen LogP contribution in [-0.4, -0.2) is 27.6 Å². The van der Waals surface area contributed by atoms with E-state index < -0.39 is 0 Å². The molecule has 0 saturated heterocycles. The summed E-state index contributed by atoms with van der Waals surface area (Å²) in [6.45, 7) is 0. The van der Waals surface area contributed by atoms with Gasteiger partial charge in [0.1, 0.15) is 16.8 Å². The first-order chi connectivity index (χ1) is 12.2. The second-order valence-electron chi connectivity index (χ2n) is 5.59. The second kappa shape index (κ2) is 6.20. The molecule has 1 N–H and O–H groups in total. The van der Waals surface area contributed by atoms with Crippen molar-refractivity contribution in [3.05, 3.63) is 70.1 Å². The summed E-state index contributed by atoms with van der Waals surface area (Å²) in [6, 6.07) is 14.8. The van der Waals surface area contributed by atoms with Crippen LogP contribution in [0, 0.1) is 0 Å². The molecule has 2 heterocycles. The quantitative estimate of drug-likeness (QED) is 0.616. The molecule has 2 aromatic carbocycles. The van der Waals surface area contributed by atoms with Gasteiger partial charge in [-0.1, -0.05) is 12.1 Å². The molecule has 0 amide bonds. The van der Waals surface area contributed by atoms with Crippen LogP contribution in [0.15, 0.2) is 58.0 Å². The van der Waals surface area contributed by atoms with Gasteiger partial charge in [0.25, 0.3) is 5.56 Å². The van der Waals surface area contributed by atoms with E-state index in [1.54, 1.807) is 13.2 Å². The number of benzene rings is 2. The molecule has 7 heteroatoms. The Morgan fingerprint density at radius 2 is 1.92 bits per heavy atom. The van der Waals surface area contributed by atoms with Crippen LogP contribution >= 0.6 is 0 Å². The fraction of sp³-hybridized carbons (Fsp3) is 0.111. The van der Waals surface area contributed by atoms with Gasteiger partial charge in [-0.2, -0.15) is 5.10 Å². The van der Waals surface area contributed by atoms with Gasteiger partial charge in [0.05, 0.1) is 12.8 Å². The highest BCUT2D eigenvalue weighted by Crippen LogP contribution is 2.32. The summed E-state index contributed by atoms with van der Waals surface area (Å²) in [5.74, 6) is 0.758. The van der Waals surface area contributed by atoms with Gasteiger partial charge in [0.15, 0.2) is 0 Å². The fourth-order valence-electron chi connectivity index (χ4n) is 2.72. The first-order valence-electron chi connectivity index (χ1n) is 7.67. The summed E-state index contributed by atoms with van der Waals surface area (Å²) in [5, 5.41) is 14.2. The minimum Gasteiger partial charge on any atom is -0.496 e. The van der Waals surface area contributed by atoms with Crippen LogP contribution in [0.5, 0.6) is 5.75 Å². The average Bonchev–Trinajstić information content (AvgIpc) is 3.11. The molecule has 0 aliphatic rings. The lowest BCUT2D eigenvalue weighted by molar-refractivity contribution is 0.315. The number of aromatic nitrogens is 4. The van der Waals surface area contributed by atoms with E-state index in [4.69, 9.17) is 9.37 Å². The molecule has 2 aromatic heterocycles. The molecule has 124 valence electrons. The first-order valence-corrected chi connectivity index (χ1v) is 7.67. The lowest BCUT2D eigenvalue weighted by atomic mass is 9.99. The molecule has 0 bridgehead atoms. The van der Waals surface area contributed by atoms with Crippen LogP contribution in [0.4, 0.5) is 0 Å². The van der Waals surface area contributed by atoms with Crippen LogP contribution in [0.1, 0.15) is 11.3 Å². The molecule has 0 saturated carbocycles. The molecule has 0 aliphatic heterocycles. The highest BCUT2D eigenvalue weighted by molar-refractivity contribution is 5.82. The van der Waals surface area contributed by atoms with Crippen LogP contribution in [0.2, 0.25) is 0 Å². The number of nitrogens with zero attached hydrogens (tertiary/aromatic N) is 3. The number of rotatable bonds is 4. The highest BCUT2D eigenvalue weighted by atomic mass is 16.6. The van der Waals surface area contributed by atoms with Crippen molar-refractivity contribution in [2.75, 3.05) is 7.11 Å². The van der Waals surface area contributed by atoms with E-state index in [9.17, 15) is 4.79 Å². The van der Waals surface area contributed by atoms with Crippen molar-refractivity contribution in [2.45, 2.75) is 6.42 Å². The molecule has 0 fully saturated rings. The van der Waals surface area contributed by atoms with Crippen molar-refractivity contribution in [3.63, 3.8) is 0 Å². The molecular weight excluding hydrogens is 320 g/mol. The predicted molar refractivity (Wildman–Crippen MR) is 91.5 cm³/mol. The van der Waals surface area contributed by atoms with E-state index >= 15 is 0 Å². The van der Waals surface area contributed by atoms with Gasteiger partial charge in [0.2, 0.25) is 0 Å². The third-order valence-corrected chi connectivity index (χ3v) is 3.95. The third kappa shape index (κ3) is 2.99. The van der Waals surface area contributed by atoms with Gasteiger partial charge >= 0.3 is 0 Å². The van der Waals surface area contributed by atoms with E-state index in [1.165, 1.54) is 6.07 Å². The average molecular weight is 334 g/mol. The minimum absolute atomic E-state index is 0.214. The Bertz CT molecular complexity index is 1080. The zero-order valence-electron chi connectivity index (χ0n) is 13.4. The van der Waals surface area contributed by atoms with Gasteiger partial charge in [-0.25, -0.2) is 9.73 Å². The van der Waals surface area contributed by atoms with Crippen LogP contribution in [0.25, 0.3) is 22.2 Å². The second-order valence-corrected chi connectivity index (χ2v) is 5.59. The molecule has 0 aliphatic carbocycles. The van der Waals surface area contributed by atoms with E-state index in [0.29, 0.717) is 17.5 Å². The Balaban J connectivity index is 1.74. The molecule has 0 atom stereocenters. The monoisotopic (exact) mass is 334 g/mol. The maximum atomic E-state index is 11.1. The Labute approximate surface area is 142 Å². The van der Waals surface area contributed by atoms with Gasteiger partial charge in [0, 0.05) is 18.1 Å². The highest BCUT2D eigenvalue weighted by Gasteiger charge is 2.10. The molecule has 4 rings (SSSR count). The Hall–Kier alpha value is -3.48. The normalized spacial score (nSPS) is 10.9. The maximum absolute atomic E-state index is 11.1. The summed E-state index contributed by atoms with van der Waals surface area (Å²) >= 11 is 0. The number of hydrogen-bond donors (Lipinski definition) is 1. The zero-order valence-corrected chi connectivity index (χ0v) is 13.4. The lowest BCUT2D eigenvalue weighted by Crippen LogP contribution is -2.07. The molecule has 25 heavy (non-hydrogen) atoms. The number of fused-ring (bicyclic) bond motifs is 1. The Morgan fingerprint density at radius 1 is 1.04 bits per heavy atom. The molecule has 0 radical (unpaired) electrons. The third-order valence-electron chi connectivity index (χ3n) is 3.95. The van der Waals surface area contributed by atoms with E-state index in [0.717, 1.165) is 28.1 Å². The van der Waals surface area contributed by atoms with Crippen LogP contribution < -0.4 is 10.3 Å². The topological polar surface area (TPSA) is 93.9 Å². The summed E-state index contributed by atoms with van der Waals surface area (Å²) in [6.07, 6.45) is 0.599. The molecular formula is C18H14N4O3. The van der Waals surface area contributed by atoms with Gasteiger partial charge in [-0.15, -0.1) is 0 Å². The summed E-state index contributed by atoms with van der Waals surface area (Å²) in [7, 11) is 1.64. The number of hydrogen-bond acceptors (Lipinski definition) is 6. The van der Waals surface area contributed by atoms with Crippen molar-refractivity contribution in [1.82, 2.24) is 20.5 Å². The van der Waals surface area contributed by atoms with Crippen LogP contribution in [-0.2, 0) is 6.42 Å². The Kier molecular flexibility index (Phi) is 3.74. The van der Waals surface area contributed by atoms with E-state index in [2.05, 4.69) is 20.5 Å². The standard InChI is InChI=1S/C18H14N4O3/c1-24-17-6-2-11(8-13-4-7-18(23)20-19-13)9-14(17)12-3-5-15-16(10-12)22-25-21-15/h2-7,9-10H,8H2,1H3,(H,20,23). The van der Waals surface area contributed by atoms with Crippen molar-refractivity contribution >= 4 is 11.0 Å². The fourth-order valence-corrected chi connectivity index (χ4v) is 2.72. The van der Waals surface area contributed by atoms with E-state index in [1.807, 2.05) is 36.4 Å². The number of methoxy groups -OCH3 is 1. The summed E-state index contributed by atoms with van der Waals surface area (Å²) < 4.78 is 10.2. The predicted octanol–water partition coefficient (Wildman–Crippen LogP) is 2.57. The number of ether oxygens (including phenoxy) is 1. The number of nitrogens with one attached hydrogen (secondary N) is 1.